The second kappa shape index (κ2) is 7.50. The van der Waals surface area contributed by atoms with Crippen LogP contribution < -0.4 is 5.69 Å². The van der Waals surface area contributed by atoms with E-state index in [1.165, 1.54) is 19.3 Å². The summed E-state index contributed by atoms with van der Waals surface area (Å²) in [6.45, 7) is 4.94. The largest absolute Gasteiger partial charge is 0.478 e. The Hall–Kier alpha value is -2.08. The van der Waals surface area contributed by atoms with Gasteiger partial charge in [0, 0.05) is 18.6 Å². The van der Waals surface area contributed by atoms with E-state index < -0.39 is 5.97 Å². The minimum Gasteiger partial charge on any atom is -0.478 e. The molecule has 6 heteroatoms. The smallest absolute Gasteiger partial charge is 0.335 e. The summed E-state index contributed by atoms with van der Waals surface area (Å²) >= 11 is 0. The second-order valence-electron chi connectivity index (χ2n) is 8.16. The van der Waals surface area contributed by atoms with Crippen LogP contribution in [-0.2, 0) is 6.54 Å². The number of likely N-dealkylation sites (tertiary alicyclic amines) is 1. The van der Waals surface area contributed by atoms with Crippen molar-refractivity contribution in [1.82, 2.24) is 14.0 Å². The lowest BCUT2D eigenvalue weighted by Gasteiger charge is -2.24. The number of benzene rings is 1. The molecule has 1 aliphatic heterocycles. The Balaban J connectivity index is 1.79. The van der Waals surface area contributed by atoms with Gasteiger partial charge in [0.2, 0.25) is 0 Å². The molecule has 1 N–H and O–H groups in total. The Morgan fingerprint density at radius 1 is 1.11 bits per heavy atom. The molecule has 1 unspecified atom stereocenters. The first kappa shape index (κ1) is 18.3. The first-order valence-electron chi connectivity index (χ1n) is 10.3. The molecular weight excluding hydrogens is 342 g/mol. The quantitative estimate of drug-likeness (QED) is 0.874. The Kier molecular flexibility index (Phi) is 5.08. The van der Waals surface area contributed by atoms with Crippen molar-refractivity contribution in [2.45, 2.75) is 70.5 Å². The molecule has 1 aliphatic carbocycles. The maximum absolute atomic E-state index is 13.4. The van der Waals surface area contributed by atoms with Crippen LogP contribution in [0, 0.1) is 0 Å². The fraction of sp³-hybridized carbons (Fsp3) is 0.619. The highest BCUT2D eigenvalue weighted by Crippen LogP contribution is 2.30. The van der Waals surface area contributed by atoms with E-state index in [1.807, 2.05) is 15.2 Å². The highest BCUT2D eigenvalue weighted by Gasteiger charge is 2.25. The maximum Gasteiger partial charge on any atom is 0.335 e. The van der Waals surface area contributed by atoms with Crippen molar-refractivity contribution in [2.24, 2.45) is 0 Å². The van der Waals surface area contributed by atoms with Crippen LogP contribution in [0.2, 0.25) is 0 Å². The third kappa shape index (κ3) is 3.43. The number of imidazole rings is 1. The molecule has 146 valence electrons. The summed E-state index contributed by atoms with van der Waals surface area (Å²) in [5.41, 5.74) is 1.90. The standard InChI is InChI=1S/C21H29N3O3/c1-15(22-11-5-6-12-22)14-23-19-13-16(20(25)26)9-10-18(19)24(21(23)27)17-7-3-2-4-8-17/h9-10,13,15,17H,2-8,11-12,14H2,1H3,(H,25,26). The van der Waals surface area contributed by atoms with Crippen molar-refractivity contribution >= 4 is 17.0 Å². The molecule has 1 aromatic carbocycles. The Morgan fingerprint density at radius 3 is 2.48 bits per heavy atom. The van der Waals surface area contributed by atoms with Crippen molar-refractivity contribution < 1.29 is 9.90 Å². The van der Waals surface area contributed by atoms with E-state index >= 15 is 0 Å². The predicted molar refractivity (Wildman–Crippen MR) is 106 cm³/mol. The van der Waals surface area contributed by atoms with Gasteiger partial charge in [-0.15, -0.1) is 0 Å². The van der Waals surface area contributed by atoms with Gasteiger partial charge in [-0.2, -0.15) is 0 Å². The molecule has 0 radical (unpaired) electrons. The lowest BCUT2D eigenvalue weighted by atomic mass is 9.95. The average Bonchev–Trinajstić information content (AvgIpc) is 3.30. The van der Waals surface area contributed by atoms with Crippen LogP contribution in [0.25, 0.3) is 11.0 Å². The molecule has 1 saturated heterocycles. The summed E-state index contributed by atoms with van der Waals surface area (Å²) in [6.07, 6.45) is 8.03. The van der Waals surface area contributed by atoms with Crippen molar-refractivity contribution in [3.8, 4) is 0 Å². The lowest BCUT2D eigenvalue weighted by Crippen LogP contribution is -2.37. The fourth-order valence-electron chi connectivity index (χ4n) is 4.84. The SMILES string of the molecule is CC(Cn1c(=O)n(C2CCCCC2)c2ccc(C(=O)O)cc21)N1CCCC1. The van der Waals surface area contributed by atoms with E-state index in [1.54, 1.807) is 12.1 Å². The number of carboxylic acids is 1. The van der Waals surface area contributed by atoms with E-state index in [2.05, 4.69) is 11.8 Å². The minimum atomic E-state index is -0.950. The highest BCUT2D eigenvalue weighted by molar-refractivity contribution is 5.92. The van der Waals surface area contributed by atoms with Gasteiger partial charge in [0.15, 0.2) is 0 Å². The molecule has 2 fully saturated rings. The van der Waals surface area contributed by atoms with E-state index in [0.29, 0.717) is 6.54 Å². The van der Waals surface area contributed by atoms with Gasteiger partial charge >= 0.3 is 11.7 Å². The zero-order valence-corrected chi connectivity index (χ0v) is 16.1. The summed E-state index contributed by atoms with van der Waals surface area (Å²) in [7, 11) is 0. The normalized spacial score (nSPS) is 20.3. The molecule has 4 rings (SSSR count). The number of fused-ring (bicyclic) bond motifs is 1. The summed E-state index contributed by atoms with van der Waals surface area (Å²) < 4.78 is 3.76. The maximum atomic E-state index is 13.4. The molecule has 1 saturated carbocycles. The van der Waals surface area contributed by atoms with Crippen LogP contribution in [0.15, 0.2) is 23.0 Å². The second-order valence-corrected chi connectivity index (χ2v) is 8.16. The summed E-state index contributed by atoms with van der Waals surface area (Å²) in [6, 6.07) is 5.62. The van der Waals surface area contributed by atoms with Gasteiger partial charge in [0.1, 0.15) is 0 Å². The van der Waals surface area contributed by atoms with E-state index in [9.17, 15) is 14.7 Å². The van der Waals surface area contributed by atoms with Crippen molar-refractivity contribution in [3.63, 3.8) is 0 Å². The average molecular weight is 371 g/mol. The zero-order chi connectivity index (χ0) is 19.0. The van der Waals surface area contributed by atoms with Gasteiger partial charge in [0.25, 0.3) is 0 Å². The Labute approximate surface area is 159 Å². The summed E-state index contributed by atoms with van der Waals surface area (Å²) in [4.78, 5) is 27.3. The molecule has 2 aromatic rings. The van der Waals surface area contributed by atoms with Gasteiger partial charge in [-0.25, -0.2) is 9.59 Å². The molecular formula is C21H29N3O3. The molecule has 1 atom stereocenters. The van der Waals surface area contributed by atoms with Crippen LogP contribution in [-0.4, -0.2) is 44.2 Å². The van der Waals surface area contributed by atoms with Gasteiger partial charge < -0.3 is 5.11 Å². The first-order chi connectivity index (χ1) is 13.1. The minimum absolute atomic E-state index is 0.0190. The van der Waals surface area contributed by atoms with E-state index in [-0.39, 0.29) is 23.3 Å². The van der Waals surface area contributed by atoms with Crippen molar-refractivity contribution in [2.75, 3.05) is 13.1 Å². The number of rotatable bonds is 5. The van der Waals surface area contributed by atoms with Crippen LogP contribution in [0.3, 0.4) is 0 Å². The molecule has 0 bridgehead atoms. The van der Waals surface area contributed by atoms with Crippen LogP contribution in [0.4, 0.5) is 0 Å². The molecule has 6 nitrogen and oxygen atoms in total. The lowest BCUT2D eigenvalue weighted by molar-refractivity contribution is 0.0697. The monoisotopic (exact) mass is 371 g/mol. The Morgan fingerprint density at radius 2 is 1.81 bits per heavy atom. The van der Waals surface area contributed by atoms with Crippen molar-refractivity contribution in [3.05, 3.63) is 34.2 Å². The molecule has 27 heavy (non-hydrogen) atoms. The summed E-state index contributed by atoms with van der Waals surface area (Å²) in [5, 5.41) is 9.41. The number of carbonyl (C=O) groups is 1. The topological polar surface area (TPSA) is 67.5 Å². The first-order valence-corrected chi connectivity index (χ1v) is 10.3. The number of aromatic nitrogens is 2. The third-order valence-electron chi connectivity index (χ3n) is 6.36. The van der Waals surface area contributed by atoms with Gasteiger partial charge in [-0.1, -0.05) is 19.3 Å². The molecule has 2 heterocycles. The van der Waals surface area contributed by atoms with E-state index in [0.717, 1.165) is 49.8 Å². The number of nitrogens with zero attached hydrogens (tertiary/aromatic N) is 3. The zero-order valence-electron chi connectivity index (χ0n) is 16.1. The Bertz CT molecular complexity index is 886. The molecule has 0 spiro atoms. The van der Waals surface area contributed by atoms with Crippen LogP contribution in [0.5, 0.6) is 0 Å². The molecule has 0 amide bonds. The van der Waals surface area contributed by atoms with Gasteiger partial charge in [-0.3, -0.25) is 14.0 Å². The highest BCUT2D eigenvalue weighted by atomic mass is 16.4. The number of hydrogen-bond acceptors (Lipinski definition) is 3. The predicted octanol–water partition coefficient (Wildman–Crippen LogP) is 3.49. The third-order valence-corrected chi connectivity index (χ3v) is 6.36. The van der Waals surface area contributed by atoms with Crippen LogP contribution in [0.1, 0.15) is 68.3 Å². The number of aromatic carboxylic acids is 1. The van der Waals surface area contributed by atoms with Crippen LogP contribution >= 0.6 is 0 Å². The van der Waals surface area contributed by atoms with Gasteiger partial charge in [-0.05, 0) is 63.9 Å². The van der Waals surface area contributed by atoms with E-state index in [4.69, 9.17) is 0 Å². The molecule has 2 aliphatic rings. The summed E-state index contributed by atoms with van der Waals surface area (Å²) in [5.74, 6) is -0.950. The number of hydrogen-bond donors (Lipinski definition) is 1. The van der Waals surface area contributed by atoms with Crippen molar-refractivity contribution in [1.29, 1.82) is 0 Å². The van der Waals surface area contributed by atoms with Gasteiger partial charge in [0.05, 0.1) is 16.6 Å². The fourth-order valence-corrected chi connectivity index (χ4v) is 4.84. The molecule has 1 aromatic heterocycles. The number of carboxylic acid groups (broad SMARTS) is 1.